The standard InChI is InChI=1S/C13H16N2O4/c1-8(14)12(9-2-3-9)19-13(16)10-4-6-11(7-5-10)15(17)18/h4-9,12H,2-3,14H2,1H3/t8-,12?/m0/s1. The summed E-state index contributed by atoms with van der Waals surface area (Å²) in [4.78, 5) is 21.9. The van der Waals surface area contributed by atoms with Crippen LogP contribution in [0.4, 0.5) is 5.69 Å². The Morgan fingerprint density at radius 2 is 2.00 bits per heavy atom. The molecule has 19 heavy (non-hydrogen) atoms. The van der Waals surface area contributed by atoms with Gasteiger partial charge in [-0.2, -0.15) is 0 Å². The van der Waals surface area contributed by atoms with Crippen LogP contribution >= 0.6 is 0 Å². The molecule has 1 aromatic rings. The number of esters is 1. The van der Waals surface area contributed by atoms with Gasteiger partial charge in [0.25, 0.3) is 5.69 Å². The van der Waals surface area contributed by atoms with Crippen molar-refractivity contribution in [2.75, 3.05) is 0 Å². The van der Waals surface area contributed by atoms with Crippen molar-refractivity contribution in [3.05, 3.63) is 39.9 Å². The Morgan fingerprint density at radius 1 is 1.42 bits per heavy atom. The highest BCUT2D eigenvalue weighted by Gasteiger charge is 2.36. The number of nitro groups is 1. The van der Waals surface area contributed by atoms with E-state index in [4.69, 9.17) is 10.5 Å². The number of nitro benzene ring substituents is 1. The van der Waals surface area contributed by atoms with Crippen molar-refractivity contribution in [1.29, 1.82) is 0 Å². The molecule has 102 valence electrons. The third kappa shape index (κ3) is 3.29. The molecular formula is C13H16N2O4. The largest absolute Gasteiger partial charge is 0.457 e. The molecule has 0 bridgehead atoms. The van der Waals surface area contributed by atoms with Gasteiger partial charge in [-0.3, -0.25) is 10.1 Å². The van der Waals surface area contributed by atoms with Gasteiger partial charge in [-0.15, -0.1) is 0 Å². The van der Waals surface area contributed by atoms with E-state index in [9.17, 15) is 14.9 Å². The van der Waals surface area contributed by atoms with E-state index in [0.29, 0.717) is 11.5 Å². The lowest BCUT2D eigenvalue weighted by molar-refractivity contribution is -0.384. The first-order chi connectivity index (χ1) is 8.99. The molecule has 2 rings (SSSR count). The van der Waals surface area contributed by atoms with E-state index >= 15 is 0 Å². The van der Waals surface area contributed by atoms with Crippen molar-refractivity contribution in [2.45, 2.75) is 31.9 Å². The number of ether oxygens (including phenoxy) is 1. The van der Waals surface area contributed by atoms with Gasteiger partial charge in [0.05, 0.1) is 10.5 Å². The molecule has 0 radical (unpaired) electrons. The second kappa shape index (κ2) is 5.36. The molecule has 0 heterocycles. The molecule has 1 aromatic carbocycles. The second-order valence-electron chi connectivity index (χ2n) is 4.87. The lowest BCUT2D eigenvalue weighted by atomic mass is 10.1. The van der Waals surface area contributed by atoms with Gasteiger partial charge in [-0.25, -0.2) is 4.79 Å². The number of benzene rings is 1. The van der Waals surface area contributed by atoms with Crippen LogP contribution in [-0.4, -0.2) is 23.0 Å². The Bertz CT molecular complexity index is 478. The van der Waals surface area contributed by atoms with Crippen LogP contribution in [-0.2, 0) is 4.74 Å². The summed E-state index contributed by atoms with van der Waals surface area (Å²) in [6.07, 6.45) is 1.78. The lowest BCUT2D eigenvalue weighted by Gasteiger charge is -2.20. The number of rotatable bonds is 5. The minimum absolute atomic E-state index is 0.0533. The van der Waals surface area contributed by atoms with Crippen molar-refractivity contribution < 1.29 is 14.5 Å². The van der Waals surface area contributed by atoms with Crippen LogP contribution in [0.2, 0.25) is 0 Å². The number of carbonyl (C=O) groups is 1. The van der Waals surface area contributed by atoms with Gasteiger partial charge < -0.3 is 10.5 Å². The average Bonchev–Trinajstić information content (AvgIpc) is 3.19. The van der Waals surface area contributed by atoms with Crippen molar-refractivity contribution in [3.8, 4) is 0 Å². The molecule has 6 nitrogen and oxygen atoms in total. The van der Waals surface area contributed by atoms with Gasteiger partial charge in [0.15, 0.2) is 0 Å². The molecule has 6 heteroatoms. The topological polar surface area (TPSA) is 95.5 Å². The first-order valence-electron chi connectivity index (χ1n) is 6.20. The molecule has 0 aromatic heterocycles. The minimum atomic E-state index is -0.510. The number of hydrogen-bond donors (Lipinski definition) is 1. The van der Waals surface area contributed by atoms with Gasteiger partial charge in [0, 0.05) is 18.2 Å². The number of nitrogens with two attached hydrogens (primary N) is 1. The summed E-state index contributed by atoms with van der Waals surface area (Å²) >= 11 is 0. The average molecular weight is 264 g/mol. The highest BCUT2D eigenvalue weighted by molar-refractivity contribution is 5.89. The SMILES string of the molecule is C[C@H](N)C(OC(=O)c1ccc([N+](=O)[O-])cc1)C1CC1. The summed E-state index contributed by atoms with van der Waals surface area (Å²) in [7, 11) is 0. The normalized spacial score (nSPS) is 17.6. The molecule has 2 atom stereocenters. The zero-order valence-electron chi connectivity index (χ0n) is 10.6. The number of carbonyl (C=O) groups excluding carboxylic acids is 1. The van der Waals surface area contributed by atoms with E-state index in [-0.39, 0.29) is 17.8 Å². The van der Waals surface area contributed by atoms with Gasteiger partial charge in [0.2, 0.25) is 0 Å². The third-order valence-corrected chi connectivity index (χ3v) is 3.16. The van der Waals surface area contributed by atoms with E-state index in [1.807, 2.05) is 6.92 Å². The summed E-state index contributed by atoms with van der Waals surface area (Å²) in [6.45, 7) is 1.81. The molecule has 0 spiro atoms. The van der Waals surface area contributed by atoms with Crippen molar-refractivity contribution in [3.63, 3.8) is 0 Å². The molecule has 0 amide bonds. The summed E-state index contributed by atoms with van der Waals surface area (Å²) < 4.78 is 5.39. The number of nitrogens with zero attached hydrogens (tertiary/aromatic N) is 1. The van der Waals surface area contributed by atoms with Crippen LogP contribution in [0.25, 0.3) is 0 Å². The molecule has 1 unspecified atom stereocenters. The molecule has 1 aliphatic carbocycles. The fourth-order valence-electron chi connectivity index (χ4n) is 1.97. The predicted octanol–water partition coefficient (Wildman–Crippen LogP) is 1.88. The fraction of sp³-hybridized carbons (Fsp3) is 0.462. The Kier molecular flexibility index (Phi) is 3.80. The summed E-state index contributed by atoms with van der Waals surface area (Å²) in [5, 5.41) is 10.5. The first-order valence-corrected chi connectivity index (χ1v) is 6.20. The lowest BCUT2D eigenvalue weighted by Crippen LogP contribution is -2.37. The van der Waals surface area contributed by atoms with Crippen molar-refractivity contribution in [1.82, 2.24) is 0 Å². The molecule has 1 fully saturated rings. The maximum atomic E-state index is 11.9. The van der Waals surface area contributed by atoms with Crippen LogP contribution in [0.15, 0.2) is 24.3 Å². The zero-order valence-corrected chi connectivity index (χ0v) is 10.6. The second-order valence-corrected chi connectivity index (χ2v) is 4.87. The van der Waals surface area contributed by atoms with E-state index in [1.165, 1.54) is 24.3 Å². The Balaban J connectivity index is 2.04. The maximum absolute atomic E-state index is 11.9. The summed E-state index contributed by atoms with van der Waals surface area (Å²) in [6, 6.07) is 5.15. The summed E-state index contributed by atoms with van der Waals surface area (Å²) in [5.41, 5.74) is 6.05. The minimum Gasteiger partial charge on any atom is -0.457 e. The van der Waals surface area contributed by atoms with Crippen LogP contribution in [0.5, 0.6) is 0 Å². The van der Waals surface area contributed by atoms with E-state index in [2.05, 4.69) is 0 Å². The van der Waals surface area contributed by atoms with Gasteiger partial charge >= 0.3 is 5.97 Å². The monoisotopic (exact) mass is 264 g/mol. The third-order valence-electron chi connectivity index (χ3n) is 3.16. The Labute approximate surface area is 110 Å². The predicted molar refractivity (Wildman–Crippen MR) is 68.7 cm³/mol. The molecule has 2 N–H and O–H groups in total. The first kappa shape index (κ1) is 13.5. The Hall–Kier alpha value is -1.95. The van der Waals surface area contributed by atoms with Gasteiger partial charge in [0.1, 0.15) is 6.10 Å². The molecule has 0 saturated heterocycles. The summed E-state index contributed by atoms with van der Waals surface area (Å²) in [5.74, 6) is -0.133. The van der Waals surface area contributed by atoms with E-state index in [0.717, 1.165) is 12.8 Å². The maximum Gasteiger partial charge on any atom is 0.338 e. The quantitative estimate of drug-likeness (QED) is 0.497. The fourth-order valence-corrected chi connectivity index (χ4v) is 1.97. The molecular weight excluding hydrogens is 248 g/mol. The van der Waals surface area contributed by atoms with Crippen molar-refractivity contribution >= 4 is 11.7 Å². The van der Waals surface area contributed by atoms with Crippen LogP contribution in [0.3, 0.4) is 0 Å². The van der Waals surface area contributed by atoms with Gasteiger partial charge in [-0.1, -0.05) is 0 Å². The molecule has 1 aliphatic rings. The van der Waals surface area contributed by atoms with Crippen LogP contribution < -0.4 is 5.73 Å². The highest BCUT2D eigenvalue weighted by atomic mass is 16.6. The number of non-ortho nitro benzene ring substituents is 1. The van der Waals surface area contributed by atoms with Crippen LogP contribution in [0, 0.1) is 16.0 Å². The van der Waals surface area contributed by atoms with E-state index in [1.54, 1.807) is 0 Å². The molecule has 1 saturated carbocycles. The Morgan fingerprint density at radius 3 is 2.42 bits per heavy atom. The van der Waals surface area contributed by atoms with E-state index < -0.39 is 10.9 Å². The molecule has 0 aliphatic heterocycles. The van der Waals surface area contributed by atoms with Crippen molar-refractivity contribution in [2.24, 2.45) is 11.7 Å². The smallest absolute Gasteiger partial charge is 0.338 e. The zero-order chi connectivity index (χ0) is 14.0. The van der Waals surface area contributed by atoms with Crippen LogP contribution in [0.1, 0.15) is 30.1 Å². The van der Waals surface area contributed by atoms with Gasteiger partial charge in [-0.05, 0) is 37.8 Å². The highest BCUT2D eigenvalue weighted by Crippen LogP contribution is 2.35. The number of hydrogen-bond acceptors (Lipinski definition) is 5.